The first kappa shape index (κ1) is 17.0. The number of nitrogens with two attached hydrogens (primary N) is 2. The lowest BCUT2D eigenvalue weighted by molar-refractivity contribution is -0.142. The molecule has 0 saturated heterocycles. The van der Waals surface area contributed by atoms with Crippen molar-refractivity contribution in [1.29, 1.82) is 0 Å². The van der Waals surface area contributed by atoms with Gasteiger partial charge in [-0.05, 0) is 45.8 Å². The van der Waals surface area contributed by atoms with Crippen LogP contribution < -0.4 is 16.8 Å². The molecule has 5 nitrogen and oxygen atoms in total. The smallest absolute Gasteiger partial charge is 0.323 e. The highest BCUT2D eigenvalue weighted by molar-refractivity contribution is 5.85. The summed E-state index contributed by atoms with van der Waals surface area (Å²) in [7, 11) is 0. The van der Waals surface area contributed by atoms with Crippen molar-refractivity contribution in [2.45, 2.75) is 31.7 Å². The number of hydrogen-bond acceptors (Lipinski definition) is 4. The molecule has 0 spiro atoms. The summed E-state index contributed by atoms with van der Waals surface area (Å²) in [6.07, 6.45) is 2.20. The van der Waals surface area contributed by atoms with E-state index in [0.29, 0.717) is 13.0 Å². The summed E-state index contributed by atoms with van der Waals surface area (Å²) >= 11 is 0. The summed E-state index contributed by atoms with van der Waals surface area (Å²) in [5.41, 5.74) is 9.77. The summed E-state index contributed by atoms with van der Waals surface area (Å²) in [5, 5.41) is 11.9. The first-order chi connectivity index (χ1) is 6.50. The molecule has 0 heterocycles. The molecule has 92 valence electrons. The van der Waals surface area contributed by atoms with Crippen LogP contribution in [0.5, 0.6) is 0 Å². The lowest BCUT2D eigenvalue weighted by atomic mass is 9.97. The van der Waals surface area contributed by atoms with E-state index >= 15 is 0 Å². The molecular weight excluding hydrogens is 218 g/mol. The van der Waals surface area contributed by atoms with Crippen LogP contribution in [-0.4, -0.2) is 36.2 Å². The van der Waals surface area contributed by atoms with E-state index in [2.05, 4.69) is 5.32 Å². The average molecular weight is 240 g/mol. The maximum atomic E-state index is 10.6. The number of rotatable bonds is 8. The molecule has 0 saturated carbocycles. The van der Waals surface area contributed by atoms with Gasteiger partial charge in [-0.1, -0.05) is 0 Å². The van der Waals surface area contributed by atoms with Gasteiger partial charge in [0.25, 0.3) is 0 Å². The van der Waals surface area contributed by atoms with Crippen LogP contribution in [0.3, 0.4) is 0 Å². The van der Waals surface area contributed by atoms with E-state index in [0.717, 1.165) is 25.9 Å². The van der Waals surface area contributed by atoms with E-state index in [9.17, 15) is 4.79 Å². The van der Waals surface area contributed by atoms with Crippen molar-refractivity contribution in [3.05, 3.63) is 0 Å². The minimum Gasteiger partial charge on any atom is -0.480 e. The molecule has 0 rings (SSSR count). The summed E-state index contributed by atoms with van der Waals surface area (Å²) in [6.45, 7) is 3.89. The molecule has 0 aliphatic heterocycles. The number of carboxylic acid groups (broad SMARTS) is 1. The number of halogens is 1. The number of hydrogen-bond donors (Lipinski definition) is 4. The summed E-state index contributed by atoms with van der Waals surface area (Å²) < 4.78 is 0. The lowest BCUT2D eigenvalue weighted by Crippen LogP contribution is -2.45. The third-order valence-electron chi connectivity index (χ3n) is 2.10. The molecule has 0 aromatic carbocycles. The van der Waals surface area contributed by atoms with Gasteiger partial charge in [0, 0.05) is 0 Å². The van der Waals surface area contributed by atoms with E-state index in [1.807, 2.05) is 0 Å². The van der Waals surface area contributed by atoms with Crippen molar-refractivity contribution >= 4 is 18.4 Å². The van der Waals surface area contributed by atoms with E-state index < -0.39 is 11.5 Å². The summed E-state index contributed by atoms with van der Waals surface area (Å²) in [5.74, 6) is -0.945. The largest absolute Gasteiger partial charge is 0.480 e. The molecule has 15 heavy (non-hydrogen) atoms. The van der Waals surface area contributed by atoms with Gasteiger partial charge in [-0.15, -0.1) is 12.4 Å². The maximum absolute atomic E-state index is 10.6. The van der Waals surface area contributed by atoms with Crippen molar-refractivity contribution in [3.8, 4) is 0 Å². The van der Waals surface area contributed by atoms with E-state index in [1.54, 1.807) is 0 Å². The molecule has 0 aromatic heterocycles. The first-order valence-electron chi connectivity index (χ1n) is 4.94. The predicted molar refractivity (Wildman–Crippen MR) is 63.3 cm³/mol. The number of carbonyl (C=O) groups is 1. The molecule has 1 atom stereocenters. The second-order valence-corrected chi connectivity index (χ2v) is 3.72. The fourth-order valence-electron chi connectivity index (χ4n) is 1.04. The fourth-order valence-corrected chi connectivity index (χ4v) is 1.04. The van der Waals surface area contributed by atoms with Crippen LogP contribution in [0, 0.1) is 0 Å². The van der Waals surface area contributed by atoms with E-state index in [1.165, 1.54) is 6.92 Å². The zero-order valence-corrected chi connectivity index (χ0v) is 9.98. The minimum atomic E-state index is -1.10. The molecule has 0 fully saturated rings. The van der Waals surface area contributed by atoms with Gasteiger partial charge in [-0.2, -0.15) is 0 Å². The van der Waals surface area contributed by atoms with Gasteiger partial charge in [0.05, 0.1) is 0 Å². The fraction of sp³-hybridized carbons (Fsp3) is 0.889. The second-order valence-electron chi connectivity index (χ2n) is 3.72. The SMILES string of the molecule is CC(N)(CCCNCCCN)C(=O)O.Cl. The maximum Gasteiger partial charge on any atom is 0.323 e. The Morgan fingerprint density at radius 1 is 1.40 bits per heavy atom. The lowest BCUT2D eigenvalue weighted by Gasteiger charge is -2.18. The van der Waals surface area contributed by atoms with Crippen molar-refractivity contribution < 1.29 is 9.90 Å². The van der Waals surface area contributed by atoms with Gasteiger partial charge >= 0.3 is 5.97 Å². The van der Waals surface area contributed by atoms with Crippen LogP contribution in [0.2, 0.25) is 0 Å². The molecule has 0 aliphatic rings. The van der Waals surface area contributed by atoms with Crippen molar-refractivity contribution in [1.82, 2.24) is 5.32 Å². The van der Waals surface area contributed by atoms with Gasteiger partial charge in [0.15, 0.2) is 0 Å². The number of aliphatic carboxylic acids is 1. The van der Waals surface area contributed by atoms with Crippen LogP contribution in [0.1, 0.15) is 26.2 Å². The third-order valence-corrected chi connectivity index (χ3v) is 2.10. The highest BCUT2D eigenvalue weighted by Crippen LogP contribution is 2.07. The third kappa shape index (κ3) is 8.62. The van der Waals surface area contributed by atoms with Crippen LogP contribution in [0.4, 0.5) is 0 Å². The zero-order valence-electron chi connectivity index (χ0n) is 9.16. The normalized spacial score (nSPS) is 14.1. The molecular formula is C9H22ClN3O2. The zero-order chi connectivity index (χ0) is 11.0. The molecule has 6 N–H and O–H groups in total. The Bertz CT molecular complexity index is 177. The second kappa shape index (κ2) is 8.91. The monoisotopic (exact) mass is 239 g/mol. The van der Waals surface area contributed by atoms with Crippen LogP contribution in [0.15, 0.2) is 0 Å². The van der Waals surface area contributed by atoms with Gasteiger partial charge in [0.1, 0.15) is 5.54 Å². The standard InChI is InChI=1S/C9H21N3O2.ClH/c1-9(11,8(13)14)4-2-6-12-7-3-5-10;/h12H,2-7,10-11H2,1H3,(H,13,14);1H. The Kier molecular flexibility index (Phi) is 10.1. The van der Waals surface area contributed by atoms with Crippen molar-refractivity contribution in [3.63, 3.8) is 0 Å². The number of nitrogens with one attached hydrogen (secondary N) is 1. The average Bonchev–Trinajstić information content (AvgIpc) is 2.10. The van der Waals surface area contributed by atoms with Crippen LogP contribution in [-0.2, 0) is 4.79 Å². The molecule has 0 aliphatic carbocycles. The Hall–Kier alpha value is -0.360. The van der Waals surface area contributed by atoms with Crippen molar-refractivity contribution in [2.24, 2.45) is 11.5 Å². The predicted octanol–water partition coefficient (Wildman–Crippen LogP) is -0.0712. The van der Waals surface area contributed by atoms with Gasteiger partial charge in [-0.3, -0.25) is 4.79 Å². The van der Waals surface area contributed by atoms with Gasteiger partial charge < -0.3 is 21.9 Å². The Labute approximate surface area is 97.0 Å². The topological polar surface area (TPSA) is 101 Å². The van der Waals surface area contributed by atoms with Crippen LogP contribution in [0.25, 0.3) is 0 Å². The van der Waals surface area contributed by atoms with Crippen LogP contribution >= 0.6 is 12.4 Å². The first-order valence-corrected chi connectivity index (χ1v) is 4.94. The summed E-state index contributed by atoms with van der Waals surface area (Å²) in [6, 6.07) is 0. The van der Waals surface area contributed by atoms with Gasteiger partial charge in [-0.25, -0.2) is 0 Å². The Morgan fingerprint density at radius 2 is 1.93 bits per heavy atom. The Morgan fingerprint density at radius 3 is 2.40 bits per heavy atom. The quantitative estimate of drug-likeness (QED) is 0.444. The molecule has 0 radical (unpaired) electrons. The molecule has 6 heteroatoms. The van der Waals surface area contributed by atoms with Gasteiger partial charge in [0.2, 0.25) is 0 Å². The minimum absolute atomic E-state index is 0. The molecule has 0 aromatic rings. The molecule has 1 unspecified atom stereocenters. The number of carboxylic acids is 1. The van der Waals surface area contributed by atoms with Crippen molar-refractivity contribution in [2.75, 3.05) is 19.6 Å². The summed E-state index contributed by atoms with van der Waals surface area (Å²) in [4.78, 5) is 10.6. The highest BCUT2D eigenvalue weighted by atomic mass is 35.5. The van der Waals surface area contributed by atoms with E-state index in [-0.39, 0.29) is 12.4 Å². The van der Waals surface area contributed by atoms with E-state index in [4.69, 9.17) is 16.6 Å². The Balaban J connectivity index is 0. The highest BCUT2D eigenvalue weighted by Gasteiger charge is 2.26. The molecule has 0 amide bonds. The molecule has 0 bridgehead atoms.